The van der Waals surface area contributed by atoms with Crippen molar-refractivity contribution in [2.75, 3.05) is 5.73 Å². The number of likely N-dealkylation sites (tertiary alicyclic amines) is 1. The number of carbonyl (C=O) groups is 2. The number of nitrogen functional groups attached to an aromatic ring is 1. The zero-order valence-corrected chi connectivity index (χ0v) is 12.1. The van der Waals surface area contributed by atoms with E-state index in [1.807, 2.05) is 18.2 Å². The summed E-state index contributed by atoms with van der Waals surface area (Å²) in [6.45, 7) is 0. The maximum Gasteiger partial charge on any atom is 0.236 e. The van der Waals surface area contributed by atoms with Gasteiger partial charge < -0.3 is 5.73 Å². The largest absolute Gasteiger partial charge is 0.399 e. The van der Waals surface area contributed by atoms with Crippen LogP contribution in [0.3, 0.4) is 0 Å². The number of hydrogen-bond acceptors (Lipinski definition) is 3. The van der Waals surface area contributed by atoms with Gasteiger partial charge >= 0.3 is 0 Å². The van der Waals surface area contributed by atoms with E-state index in [0.717, 1.165) is 49.8 Å². The predicted octanol–water partition coefficient (Wildman–Crippen LogP) is 2.58. The zero-order valence-electron chi connectivity index (χ0n) is 12.1. The molecule has 0 bridgehead atoms. The molecule has 2 aliphatic carbocycles. The molecule has 1 atom stereocenters. The van der Waals surface area contributed by atoms with Crippen molar-refractivity contribution < 1.29 is 9.59 Å². The fourth-order valence-electron chi connectivity index (χ4n) is 4.46. The highest BCUT2D eigenvalue weighted by Gasteiger charge is 2.55. The minimum Gasteiger partial charge on any atom is -0.399 e. The molecule has 2 amide bonds. The van der Waals surface area contributed by atoms with E-state index >= 15 is 0 Å². The van der Waals surface area contributed by atoms with Gasteiger partial charge in [0.1, 0.15) is 0 Å². The van der Waals surface area contributed by atoms with E-state index in [0.29, 0.717) is 6.42 Å². The molecule has 4 nitrogen and oxygen atoms in total. The van der Waals surface area contributed by atoms with Gasteiger partial charge in [-0.1, -0.05) is 18.9 Å². The smallest absolute Gasteiger partial charge is 0.236 e. The minimum atomic E-state index is -0.367. The lowest BCUT2D eigenvalue weighted by molar-refractivity contribution is -0.144. The highest BCUT2D eigenvalue weighted by molar-refractivity contribution is 6.06. The zero-order chi connectivity index (χ0) is 14.6. The van der Waals surface area contributed by atoms with E-state index in [1.54, 1.807) is 4.90 Å². The van der Waals surface area contributed by atoms with Gasteiger partial charge in [-0.25, -0.2) is 0 Å². The summed E-state index contributed by atoms with van der Waals surface area (Å²) in [6, 6.07) is 5.77. The Kier molecular flexibility index (Phi) is 2.65. The minimum absolute atomic E-state index is 0.0246. The second-order valence-corrected chi connectivity index (χ2v) is 6.75. The van der Waals surface area contributed by atoms with Gasteiger partial charge in [0.15, 0.2) is 0 Å². The van der Waals surface area contributed by atoms with Crippen molar-refractivity contribution in [2.45, 2.75) is 51.0 Å². The van der Waals surface area contributed by atoms with E-state index in [-0.39, 0.29) is 23.3 Å². The number of hydrogen-bond donors (Lipinski definition) is 1. The maximum absolute atomic E-state index is 12.9. The average molecular weight is 284 g/mol. The number of aryl methyl sites for hydroxylation is 1. The van der Waals surface area contributed by atoms with Gasteiger partial charge in [0.25, 0.3) is 0 Å². The van der Waals surface area contributed by atoms with E-state index < -0.39 is 0 Å². The highest BCUT2D eigenvalue weighted by Crippen LogP contribution is 2.50. The van der Waals surface area contributed by atoms with Crippen molar-refractivity contribution in [3.63, 3.8) is 0 Å². The predicted molar refractivity (Wildman–Crippen MR) is 79.3 cm³/mol. The summed E-state index contributed by atoms with van der Waals surface area (Å²) in [4.78, 5) is 27.0. The number of nitrogens with zero attached hydrogens (tertiary/aromatic N) is 1. The SMILES string of the molecule is Nc1ccc2c(c1)CCC2N1C(=O)CC2(CCCC2)C1=O. The highest BCUT2D eigenvalue weighted by atomic mass is 16.2. The molecule has 1 aromatic rings. The van der Waals surface area contributed by atoms with E-state index in [4.69, 9.17) is 5.73 Å². The molecule has 1 aromatic carbocycles. The van der Waals surface area contributed by atoms with Gasteiger partial charge in [-0.15, -0.1) is 0 Å². The number of benzene rings is 1. The number of nitrogens with two attached hydrogens (primary N) is 1. The van der Waals surface area contributed by atoms with Gasteiger partial charge in [0, 0.05) is 12.1 Å². The first-order valence-corrected chi connectivity index (χ1v) is 7.86. The summed E-state index contributed by atoms with van der Waals surface area (Å²) in [6.07, 6.45) is 6.08. The molecule has 4 rings (SSSR count). The van der Waals surface area contributed by atoms with Crippen LogP contribution in [0.25, 0.3) is 0 Å². The molecule has 2 N–H and O–H groups in total. The average Bonchev–Trinajstić information content (AvgIpc) is 3.12. The summed E-state index contributed by atoms with van der Waals surface area (Å²) in [5.74, 6) is 0.108. The van der Waals surface area contributed by atoms with Gasteiger partial charge in [0.05, 0.1) is 11.5 Å². The third-order valence-corrected chi connectivity index (χ3v) is 5.52. The third-order valence-electron chi connectivity index (χ3n) is 5.52. The molecule has 4 heteroatoms. The lowest BCUT2D eigenvalue weighted by Gasteiger charge is -2.26. The van der Waals surface area contributed by atoms with Gasteiger partial charge in [-0.05, 0) is 48.9 Å². The third kappa shape index (κ3) is 1.74. The normalized spacial score (nSPS) is 26.9. The lowest BCUT2D eigenvalue weighted by Crippen LogP contribution is -2.36. The number of rotatable bonds is 1. The molecule has 2 fully saturated rings. The van der Waals surface area contributed by atoms with Gasteiger partial charge in [-0.3, -0.25) is 14.5 Å². The van der Waals surface area contributed by atoms with E-state index in [9.17, 15) is 9.59 Å². The van der Waals surface area contributed by atoms with Crippen molar-refractivity contribution in [1.29, 1.82) is 0 Å². The standard InChI is InChI=1S/C17H20N2O2/c18-12-4-5-13-11(9-12)3-6-14(13)19-15(20)10-17(16(19)21)7-1-2-8-17/h4-5,9,14H,1-3,6-8,10,18H2. The van der Waals surface area contributed by atoms with Crippen molar-refractivity contribution in [3.05, 3.63) is 29.3 Å². The van der Waals surface area contributed by atoms with Crippen molar-refractivity contribution in [3.8, 4) is 0 Å². The summed E-state index contributed by atoms with van der Waals surface area (Å²) in [5.41, 5.74) is 8.51. The first-order valence-electron chi connectivity index (χ1n) is 7.86. The Morgan fingerprint density at radius 1 is 1.19 bits per heavy atom. The molecule has 0 aromatic heterocycles. The Labute approximate surface area is 124 Å². The second kappa shape index (κ2) is 4.33. The fourth-order valence-corrected chi connectivity index (χ4v) is 4.46. The molecule has 1 heterocycles. The fraction of sp³-hybridized carbons (Fsp3) is 0.529. The number of anilines is 1. The molecule has 1 saturated heterocycles. The quantitative estimate of drug-likeness (QED) is 0.637. The Morgan fingerprint density at radius 2 is 1.95 bits per heavy atom. The van der Waals surface area contributed by atoms with Crippen LogP contribution < -0.4 is 5.73 Å². The molecule has 1 spiro atoms. The molecule has 1 saturated carbocycles. The lowest BCUT2D eigenvalue weighted by atomic mass is 9.84. The number of carbonyl (C=O) groups excluding carboxylic acids is 2. The molecular weight excluding hydrogens is 264 g/mol. The summed E-state index contributed by atoms with van der Waals surface area (Å²) in [7, 11) is 0. The molecule has 0 radical (unpaired) electrons. The molecule has 3 aliphatic rings. The second-order valence-electron chi connectivity index (χ2n) is 6.75. The first-order chi connectivity index (χ1) is 10.1. The van der Waals surface area contributed by atoms with Crippen LogP contribution >= 0.6 is 0 Å². The molecule has 1 unspecified atom stereocenters. The Hall–Kier alpha value is -1.84. The van der Waals surface area contributed by atoms with Crippen molar-refractivity contribution in [2.24, 2.45) is 5.41 Å². The monoisotopic (exact) mass is 284 g/mol. The van der Waals surface area contributed by atoms with Crippen LogP contribution in [0.1, 0.15) is 55.7 Å². The number of imide groups is 1. The van der Waals surface area contributed by atoms with E-state index in [2.05, 4.69) is 0 Å². The summed E-state index contributed by atoms with van der Waals surface area (Å²) in [5, 5.41) is 0. The van der Waals surface area contributed by atoms with Crippen LogP contribution in [0.2, 0.25) is 0 Å². The summed E-state index contributed by atoms with van der Waals surface area (Å²) >= 11 is 0. The Balaban J connectivity index is 1.69. The van der Waals surface area contributed by atoms with Crippen LogP contribution in [0.15, 0.2) is 18.2 Å². The van der Waals surface area contributed by atoms with Crippen LogP contribution in [-0.4, -0.2) is 16.7 Å². The van der Waals surface area contributed by atoms with Gasteiger partial charge in [-0.2, -0.15) is 0 Å². The van der Waals surface area contributed by atoms with Crippen molar-refractivity contribution >= 4 is 17.5 Å². The maximum atomic E-state index is 12.9. The topological polar surface area (TPSA) is 63.4 Å². The Morgan fingerprint density at radius 3 is 2.71 bits per heavy atom. The molecule has 1 aliphatic heterocycles. The van der Waals surface area contributed by atoms with Crippen LogP contribution in [0.4, 0.5) is 5.69 Å². The van der Waals surface area contributed by atoms with Crippen LogP contribution in [0.5, 0.6) is 0 Å². The first kappa shape index (κ1) is 12.9. The number of fused-ring (bicyclic) bond motifs is 1. The molecular formula is C17H20N2O2. The van der Waals surface area contributed by atoms with Gasteiger partial charge in [0.2, 0.25) is 11.8 Å². The molecule has 110 valence electrons. The molecule has 21 heavy (non-hydrogen) atoms. The Bertz CT molecular complexity index is 632. The number of amides is 2. The van der Waals surface area contributed by atoms with Crippen molar-refractivity contribution in [1.82, 2.24) is 4.90 Å². The van der Waals surface area contributed by atoms with E-state index in [1.165, 1.54) is 5.56 Å². The van der Waals surface area contributed by atoms with Crippen LogP contribution in [-0.2, 0) is 16.0 Å². The summed E-state index contributed by atoms with van der Waals surface area (Å²) < 4.78 is 0. The van der Waals surface area contributed by atoms with Crippen LogP contribution in [0, 0.1) is 5.41 Å².